The van der Waals surface area contributed by atoms with Crippen molar-refractivity contribution < 1.29 is 18.3 Å². The van der Waals surface area contributed by atoms with Crippen LogP contribution in [-0.4, -0.2) is 40.1 Å². The van der Waals surface area contributed by atoms with Gasteiger partial charge in [-0.25, -0.2) is 13.6 Å². The molecular formula is C37H30Cl2F2N8O2. The summed E-state index contributed by atoms with van der Waals surface area (Å²) in [5.41, 5.74) is 10.9. The van der Waals surface area contributed by atoms with E-state index in [0.29, 0.717) is 58.2 Å². The van der Waals surface area contributed by atoms with Gasteiger partial charge in [0.05, 0.1) is 44.6 Å². The molecule has 4 aromatic carbocycles. The normalized spacial score (nSPS) is 16.0. The molecule has 1 amide bonds. The number of anilines is 3. The highest BCUT2D eigenvalue weighted by Gasteiger charge is 2.34. The minimum Gasteiger partial charge on any atom is -0.445 e. The van der Waals surface area contributed by atoms with Gasteiger partial charge in [0.2, 0.25) is 0 Å². The van der Waals surface area contributed by atoms with Crippen molar-refractivity contribution in [3.05, 3.63) is 141 Å². The van der Waals surface area contributed by atoms with Crippen LogP contribution < -0.4 is 21.6 Å². The van der Waals surface area contributed by atoms with Crippen molar-refractivity contribution in [3.8, 4) is 6.07 Å². The molecule has 2 unspecified atom stereocenters. The molecule has 1 saturated heterocycles. The average molecular weight is 728 g/mol. The van der Waals surface area contributed by atoms with Crippen LogP contribution in [0.1, 0.15) is 29.2 Å². The molecule has 1 aromatic heterocycles. The Labute approximate surface area is 302 Å². The van der Waals surface area contributed by atoms with Gasteiger partial charge >= 0.3 is 6.09 Å². The maximum Gasteiger partial charge on any atom is 0.410 e. The summed E-state index contributed by atoms with van der Waals surface area (Å²) < 4.78 is 33.5. The molecule has 0 bridgehead atoms. The average Bonchev–Trinajstić information content (AvgIpc) is 3.83. The van der Waals surface area contributed by atoms with Crippen LogP contribution in [0.3, 0.4) is 0 Å². The number of hydrogen-bond donors (Lipinski definition) is 4. The van der Waals surface area contributed by atoms with E-state index in [9.17, 15) is 18.8 Å². The van der Waals surface area contributed by atoms with E-state index >= 15 is 0 Å². The molecular weight excluding hydrogens is 697 g/mol. The zero-order valence-corrected chi connectivity index (χ0v) is 28.3. The van der Waals surface area contributed by atoms with Gasteiger partial charge in [0, 0.05) is 42.2 Å². The Bertz CT molecular complexity index is 2170. The SMILES string of the molecule is N#Cc1cnc2c(Cl)cc(NC(C3=CN(C4CCN(C(=O)OCc5ccccc5)C4)NN3)c3ccc(F)cc3)cc2c1Nc1ccc(F)c(Cl)c1. The first-order valence-corrected chi connectivity index (χ1v) is 16.7. The third-order valence-corrected chi connectivity index (χ3v) is 9.26. The number of hydrogen-bond acceptors (Lipinski definition) is 9. The maximum atomic E-state index is 14.0. The van der Waals surface area contributed by atoms with Crippen LogP contribution in [0.15, 0.2) is 103 Å². The van der Waals surface area contributed by atoms with Gasteiger partial charge in [0.25, 0.3) is 0 Å². The van der Waals surface area contributed by atoms with E-state index in [1.807, 2.05) is 41.5 Å². The molecule has 0 aliphatic carbocycles. The summed E-state index contributed by atoms with van der Waals surface area (Å²) in [5, 5.41) is 19.3. The third-order valence-electron chi connectivity index (χ3n) is 8.69. The second-order valence-electron chi connectivity index (χ2n) is 12.1. The largest absolute Gasteiger partial charge is 0.445 e. The number of fused-ring (bicyclic) bond motifs is 1. The van der Waals surface area contributed by atoms with E-state index in [2.05, 4.69) is 32.6 Å². The molecule has 51 heavy (non-hydrogen) atoms. The summed E-state index contributed by atoms with van der Waals surface area (Å²) in [6.07, 6.45) is 3.66. The number of benzene rings is 4. The van der Waals surface area contributed by atoms with Crippen LogP contribution >= 0.6 is 23.2 Å². The van der Waals surface area contributed by atoms with Gasteiger partial charge in [0.15, 0.2) is 0 Å². The molecule has 7 rings (SSSR count). The molecule has 258 valence electrons. The monoisotopic (exact) mass is 726 g/mol. The Hall–Kier alpha value is -5.61. The molecule has 0 radical (unpaired) electrons. The Morgan fingerprint density at radius 2 is 1.82 bits per heavy atom. The summed E-state index contributed by atoms with van der Waals surface area (Å²) >= 11 is 12.8. The van der Waals surface area contributed by atoms with Gasteiger partial charge in [-0.3, -0.25) is 9.99 Å². The quantitative estimate of drug-likeness (QED) is 0.119. The minimum atomic E-state index is -0.571. The fraction of sp³-hybridized carbons (Fsp3) is 0.162. The molecule has 2 aliphatic rings. The summed E-state index contributed by atoms with van der Waals surface area (Å²) in [7, 11) is 0. The number of carbonyl (C=O) groups is 1. The standard InChI is InChI=1S/C37H30Cl2F2N8O2/c38-30-15-26(10-11-32(30)41)44-34-24(17-42)18-43-36-29(34)14-27(16-31(36)39)45-35(23-6-8-25(40)9-7-23)33-20-49(47-46-33)28-12-13-48(19-28)37(50)51-21-22-4-2-1-3-5-22/h1-11,14-16,18,20,28,35,45-47H,12-13,19,21H2,(H,43,44). The van der Waals surface area contributed by atoms with Crippen LogP contribution in [0.5, 0.6) is 0 Å². The molecule has 0 saturated carbocycles. The second-order valence-corrected chi connectivity index (χ2v) is 12.9. The minimum absolute atomic E-state index is 0.0488. The number of nitrogens with zero attached hydrogens (tertiary/aromatic N) is 4. The smallest absolute Gasteiger partial charge is 0.410 e. The summed E-state index contributed by atoms with van der Waals surface area (Å²) in [4.78, 5) is 18.9. The van der Waals surface area contributed by atoms with Crippen molar-refractivity contribution in [3.63, 3.8) is 0 Å². The lowest BCUT2D eigenvalue weighted by atomic mass is 10.0. The fourth-order valence-electron chi connectivity index (χ4n) is 6.08. The van der Waals surface area contributed by atoms with Crippen molar-refractivity contribution in [2.75, 3.05) is 23.7 Å². The van der Waals surface area contributed by atoms with Crippen LogP contribution in [0, 0.1) is 23.0 Å². The molecule has 14 heteroatoms. The van der Waals surface area contributed by atoms with E-state index in [4.69, 9.17) is 27.9 Å². The number of nitrogens with one attached hydrogen (secondary N) is 4. The van der Waals surface area contributed by atoms with Crippen LogP contribution in [-0.2, 0) is 11.3 Å². The topological polar surface area (TPSA) is 118 Å². The van der Waals surface area contributed by atoms with Crippen LogP contribution in [0.4, 0.5) is 30.6 Å². The maximum absolute atomic E-state index is 14.0. The van der Waals surface area contributed by atoms with Crippen molar-refractivity contribution in [1.29, 1.82) is 5.26 Å². The highest BCUT2D eigenvalue weighted by atomic mass is 35.5. The first-order valence-electron chi connectivity index (χ1n) is 16.0. The van der Waals surface area contributed by atoms with Gasteiger partial charge in [-0.05, 0) is 60.0 Å². The predicted octanol–water partition coefficient (Wildman–Crippen LogP) is 8.17. The van der Waals surface area contributed by atoms with Gasteiger partial charge in [-0.15, -0.1) is 5.53 Å². The number of rotatable bonds is 9. The number of carbonyl (C=O) groups excluding carboxylic acids is 1. The number of aromatic nitrogens is 1. The van der Waals surface area contributed by atoms with E-state index in [1.54, 1.807) is 29.2 Å². The highest BCUT2D eigenvalue weighted by molar-refractivity contribution is 6.36. The zero-order chi connectivity index (χ0) is 35.5. The second kappa shape index (κ2) is 14.7. The van der Waals surface area contributed by atoms with Gasteiger partial charge in [-0.1, -0.05) is 65.7 Å². The van der Waals surface area contributed by atoms with Crippen molar-refractivity contribution in [1.82, 2.24) is 25.9 Å². The lowest BCUT2D eigenvalue weighted by Crippen LogP contribution is -2.45. The predicted molar refractivity (Wildman–Crippen MR) is 192 cm³/mol. The van der Waals surface area contributed by atoms with E-state index in [-0.39, 0.29) is 35.1 Å². The van der Waals surface area contributed by atoms with Crippen molar-refractivity contribution in [2.45, 2.75) is 25.1 Å². The van der Waals surface area contributed by atoms with Crippen molar-refractivity contribution in [2.24, 2.45) is 0 Å². The van der Waals surface area contributed by atoms with Gasteiger partial charge < -0.3 is 25.7 Å². The molecule has 2 atom stereocenters. The van der Waals surface area contributed by atoms with Gasteiger partial charge in [0.1, 0.15) is 24.3 Å². The molecule has 2 aliphatic heterocycles. The number of nitriles is 1. The Morgan fingerprint density at radius 1 is 1.04 bits per heavy atom. The summed E-state index contributed by atoms with van der Waals surface area (Å²) in [6, 6.07) is 24.9. The molecule has 1 fully saturated rings. The lowest BCUT2D eigenvalue weighted by molar-refractivity contribution is 0.1000. The van der Waals surface area contributed by atoms with E-state index < -0.39 is 11.9 Å². The third kappa shape index (κ3) is 7.46. The fourth-order valence-corrected chi connectivity index (χ4v) is 6.52. The number of halogens is 4. The molecule has 4 N–H and O–H groups in total. The molecule has 0 spiro atoms. The van der Waals surface area contributed by atoms with Crippen LogP contribution in [0.25, 0.3) is 10.9 Å². The number of amides is 1. The zero-order valence-electron chi connectivity index (χ0n) is 26.8. The summed E-state index contributed by atoms with van der Waals surface area (Å²) in [6.45, 7) is 1.18. The lowest BCUT2D eigenvalue weighted by Gasteiger charge is -2.23. The Morgan fingerprint density at radius 3 is 2.59 bits per heavy atom. The molecule has 5 aromatic rings. The van der Waals surface area contributed by atoms with Crippen molar-refractivity contribution >= 4 is 57.3 Å². The van der Waals surface area contributed by atoms with E-state index in [1.165, 1.54) is 36.5 Å². The van der Waals surface area contributed by atoms with Crippen LogP contribution in [0.2, 0.25) is 10.0 Å². The number of likely N-dealkylation sites (tertiary alicyclic amines) is 1. The Balaban J connectivity index is 1.15. The van der Waals surface area contributed by atoms with E-state index in [0.717, 1.165) is 11.1 Å². The molecule has 10 nitrogen and oxygen atoms in total. The number of hydrazine groups is 2. The first-order chi connectivity index (χ1) is 24.7. The number of pyridine rings is 1. The Kier molecular flexibility index (Phi) is 9.76. The number of ether oxygens (including phenoxy) is 1. The summed E-state index contributed by atoms with van der Waals surface area (Å²) in [5.74, 6) is -0.950. The molecule has 3 heterocycles. The highest BCUT2D eigenvalue weighted by Crippen LogP contribution is 2.37. The van der Waals surface area contributed by atoms with Gasteiger partial charge in [-0.2, -0.15) is 5.26 Å². The first kappa shape index (κ1) is 33.9.